The van der Waals surface area contributed by atoms with Crippen LogP contribution in [-0.4, -0.2) is 49.8 Å². The maximum atomic E-state index is 13.1. The fraction of sp³-hybridized carbons (Fsp3) is 0.286. The number of carbonyl (C=O) groups is 1. The monoisotopic (exact) mass is 630 g/mol. The molecular weight excluding hydrogens is 596 g/mol. The van der Waals surface area contributed by atoms with Gasteiger partial charge in [0.1, 0.15) is 16.4 Å². The molecule has 0 aliphatic carbocycles. The number of hydrogen-bond acceptors (Lipinski definition) is 7. The van der Waals surface area contributed by atoms with E-state index in [1.165, 1.54) is 12.1 Å². The van der Waals surface area contributed by atoms with Gasteiger partial charge >= 0.3 is 5.97 Å². The fourth-order valence-electron chi connectivity index (χ4n) is 5.65. The molecule has 2 aliphatic heterocycles. The van der Waals surface area contributed by atoms with Crippen LogP contribution in [0.15, 0.2) is 89.8 Å². The number of aromatic carboxylic acids is 1. The van der Waals surface area contributed by atoms with E-state index in [4.69, 9.17) is 18.9 Å². The highest BCUT2D eigenvalue weighted by molar-refractivity contribution is 7.86. The van der Waals surface area contributed by atoms with Crippen LogP contribution >= 0.6 is 0 Å². The highest BCUT2D eigenvalue weighted by Gasteiger charge is 2.25. The first kappa shape index (κ1) is 30.8. The van der Waals surface area contributed by atoms with Gasteiger partial charge in [0.2, 0.25) is 0 Å². The van der Waals surface area contributed by atoms with Gasteiger partial charge in [0.25, 0.3) is 10.1 Å². The first-order chi connectivity index (χ1) is 21.7. The van der Waals surface area contributed by atoms with E-state index < -0.39 is 16.1 Å². The van der Waals surface area contributed by atoms with Crippen LogP contribution < -0.4 is 9.47 Å². The molecule has 0 saturated carbocycles. The van der Waals surface area contributed by atoms with Gasteiger partial charge in [-0.1, -0.05) is 36.4 Å². The lowest BCUT2D eigenvalue weighted by Crippen LogP contribution is -2.24. The topological polar surface area (TPSA) is 129 Å². The van der Waals surface area contributed by atoms with E-state index >= 15 is 0 Å². The third-order valence-corrected chi connectivity index (χ3v) is 8.91. The molecule has 2 heterocycles. The molecule has 234 valence electrons. The second kappa shape index (κ2) is 13.4. The van der Waals surface area contributed by atoms with Gasteiger partial charge in [-0.3, -0.25) is 4.55 Å². The lowest BCUT2D eigenvalue weighted by atomic mass is 9.92. The van der Waals surface area contributed by atoms with Crippen LogP contribution in [0.2, 0.25) is 0 Å². The molecule has 10 heteroatoms. The van der Waals surface area contributed by atoms with Crippen LogP contribution in [0.4, 0.5) is 0 Å². The second-order valence-electron chi connectivity index (χ2n) is 11.1. The van der Waals surface area contributed by atoms with Crippen molar-refractivity contribution < 1.29 is 41.8 Å². The zero-order valence-electron chi connectivity index (χ0n) is 24.6. The molecule has 4 aromatic rings. The fourth-order valence-corrected chi connectivity index (χ4v) is 6.55. The zero-order valence-corrected chi connectivity index (χ0v) is 25.4. The molecule has 0 bridgehead atoms. The molecular formula is C35H34O9S. The maximum absolute atomic E-state index is 13.1. The minimum atomic E-state index is -4.72. The third kappa shape index (κ3) is 7.37. The van der Waals surface area contributed by atoms with Crippen LogP contribution in [0, 0.1) is 0 Å². The van der Waals surface area contributed by atoms with Crippen molar-refractivity contribution in [2.45, 2.75) is 56.0 Å². The molecule has 2 aliphatic rings. The van der Waals surface area contributed by atoms with Crippen molar-refractivity contribution in [1.82, 2.24) is 0 Å². The Hall–Kier alpha value is -4.22. The number of hydrogen-bond donors (Lipinski definition) is 2. The van der Waals surface area contributed by atoms with Crippen molar-refractivity contribution in [1.29, 1.82) is 0 Å². The van der Waals surface area contributed by atoms with E-state index in [0.29, 0.717) is 47.0 Å². The zero-order chi connectivity index (χ0) is 31.4. The van der Waals surface area contributed by atoms with Crippen LogP contribution in [0.1, 0.15) is 48.9 Å². The van der Waals surface area contributed by atoms with Gasteiger partial charge in [-0.25, -0.2) is 4.79 Å². The molecule has 0 spiro atoms. The summed E-state index contributed by atoms with van der Waals surface area (Å²) in [6.45, 7) is 1.29. The predicted molar refractivity (Wildman–Crippen MR) is 168 cm³/mol. The summed E-state index contributed by atoms with van der Waals surface area (Å²) in [6.07, 6.45) is 4.95. The van der Waals surface area contributed by atoms with Gasteiger partial charge in [-0.05, 0) is 96.5 Å². The van der Waals surface area contributed by atoms with Crippen LogP contribution in [0.3, 0.4) is 0 Å². The van der Waals surface area contributed by atoms with E-state index in [1.54, 1.807) is 72.8 Å². The Bertz CT molecular complexity index is 1650. The molecule has 45 heavy (non-hydrogen) atoms. The van der Waals surface area contributed by atoms with E-state index in [1.807, 2.05) is 0 Å². The Morgan fingerprint density at radius 1 is 0.644 bits per heavy atom. The number of rotatable bonds is 9. The Kier molecular flexibility index (Phi) is 9.18. The summed E-state index contributed by atoms with van der Waals surface area (Å²) in [5, 5.41) is 9.38. The molecule has 6 rings (SSSR count). The van der Waals surface area contributed by atoms with Crippen LogP contribution in [0.5, 0.6) is 11.5 Å². The SMILES string of the molecule is O=C(O)c1ccc(-c2cc(-c3ccc(OC4CCCCO4)cc3)c(S(=O)(=O)O)c(-c3ccc(OC4CCCCO4)cc3)c2)cc1. The first-order valence-corrected chi connectivity index (χ1v) is 16.5. The summed E-state index contributed by atoms with van der Waals surface area (Å²) in [5.41, 5.74) is 3.08. The molecule has 2 N–H and O–H groups in total. The quantitative estimate of drug-likeness (QED) is 0.181. The highest BCUT2D eigenvalue weighted by atomic mass is 32.2. The summed E-state index contributed by atoms with van der Waals surface area (Å²) >= 11 is 0. The predicted octanol–water partition coefficient (Wildman–Crippen LogP) is 7.44. The number of ether oxygens (including phenoxy) is 4. The summed E-state index contributed by atoms with van der Waals surface area (Å²) in [5.74, 6) is 0.112. The van der Waals surface area contributed by atoms with Crippen molar-refractivity contribution in [3.8, 4) is 44.9 Å². The average molecular weight is 631 g/mol. The summed E-state index contributed by atoms with van der Waals surface area (Å²) < 4.78 is 60.0. The molecule has 4 aromatic carbocycles. The van der Waals surface area contributed by atoms with Gasteiger partial charge < -0.3 is 24.1 Å². The molecule has 0 aromatic heterocycles. The summed E-state index contributed by atoms with van der Waals surface area (Å²) in [4.78, 5) is 11.2. The number of carboxylic acid groups (broad SMARTS) is 1. The molecule has 0 radical (unpaired) electrons. The van der Waals surface area contributed by atoms with Gasteiger partial charge in [-0.15, -0.1) is 0 Å². The van der Waals surface area contributed by atoms with Crippen molar-refractivity contribution in [3.05, 3.63) is 90.5 Å². The maximum Gasteiger partial charge on any atom is 0.335 e. The molecule has 0 amide bonds. The van der Waals surface area contributed by atoms with E-state index in [2.05, 4.69) is 0 Å². The lowest BCUT2D eigenvalue weighted by molar-refractivity contribution is -0.106. The van der Waals surface area contributed by atoms with E-state index in [-0.39, 0.29) is 34.2 Å². The van der Waals surface area contributed by atoms with Crippen molar-refractivity contribution >= 4 is 16.1 Å². The van der Waals surface area contributed by atoms with Gasteiger partial charge in [-0.2, -0.15) is 8.42 Å². The Morgan fingerprint density at radius 2 is 1.09 bits per heavy atom. The minimum absolute atomic E-state index is 0.129. The summed E-state index contributed by atoms with van der Waals surface area (Å²) in [7, 11) is -4.72. The van der Waals surface area contributed by atoms with Gasteiger partial charge in [0.05, 0.1) is 18.8 Å². The number of benzene rings is 4. The van der Waals surface area contributed by atoms with Crippen LogP contribution in [0.25, 0.3) is 33.4 Å². The largest absolute Gasteiger partial charge is 0.478 e. The van der Waals surface area contributed by atoms with Crippen LogP contribution in [-0.2, 0) is 19.6 Å². The van der Waals surface area contributed by atoms with Crippen molar-refractivity contribution in [2.75, 3.05) is 13.2 Å². The standard InChI is InChI=1S/C35H34O9S/c36-35(37)26-9-7-23(8-10-26)27-21-30(24-11-15-28(16-12-24)43-32-5-1-3-19-41-32)34(45(38,39)40)31(22-27)25-13-17-29(18-14-25)44-33-6-2-4-20-42-33/h7-18,21-22,32-33H,1-6,19-20H2,(H,36,37)(H,38,39,40). The molecule has 9 nitrogen and oxygen atoms in total. The second-order valence-corrected chi connectivity index (χ2v) is 12.5. The first-order valence-electron chi connectivity index (χ1n) is 15.0. The molecule has 2 saturated heterocycles. The highest BCUT2D eigenvalue weighted by Crippen LogP contribution is 2.41. The van der Waals surface area contributed by atoms with Gasteiger partial charge in [0, 0.05) is 24.0 Å². The molecule has 2 unspecified atom stereocenters. The summed E-state index contributed by atoms with van der Waals surface area (Å²) in [6, 6.07) is 23.6. The van der Waals surface area contributed by atoms with E-state index in [9.17, 15) is 22.9 Å². The lowest BCUT2D eigenvalue weighted by Gasteiger charge is -2.23. The smallest absolute Gasteiger partial charge is 0.335 e. The molecule has 2 fully saturated rings. The average Bonchev–Trinajstić information content (AvgIpc) is 3.05. The normalized spacial score (nSPS) is 18.7. The van der Waals surface area contributed by atoms with Crippen molar-refractivity contribution in [3.63, 3.8) is 0 Å². The Balaban J connectivity index is 1.43. The van der Waals surface area contributed by atoms with E-state index in [0.717, 1.165) is 38.5 Å². The van der Waals surface area contributed by atoms with Gasteiger partial charge in [0.15, 0.2) is 12.6 Å². The minimum Gasteiger partial charge on any atom is -0.478 e. The third-order valence-electron chi connectivity index (χ3n) is 7.95. The number of carboxylic acids is 1. The Morgan fingerprint density at radius 3 is 1.47 bits per heavy atom. The molecule has 2 atom stereocenters. The van der Waals surface area contributed by atoms with Crippen molar-refractivity contribution in [2.24, 2.45) is 0 Å². The Labute approximate surface area is 262 Å².